The van der Waals surface area contributed by atoms with Crippen LogP contribution in [0.4, 0.5) is 0 Å². The Balaban J connectivity index is 4.84. The zero-order valence-corrected chi connectivity index (χ0v) is 9.68. The molecule has 0 aliphatic heterocycles. The summed E-state index contributed by atoms with van der Waals surface area (Å²) in [6.45, 7) is -1.34. The van der Waals surface area contributed by atoms with E-state index in [1.165, 1.54) is 0 Å². The second kappa shape index (κ2) is 7.63. The minimum atomic E-state index is -2.62. The van der Waals surface area contributed by atoms with Gasteiger partial charge in [-0.25, -0.2) is 14.6 Å². The predicted octanol–water partition coefficient (Wildman–Crippen LogP) is -1.94. The van der Waals surface area contributed by atoms with Crippen molar-refractivity contribution in [2.24, 2.45) is 0 Å². The van der Waals surface area contributed by atoms with Crippen molar-refractivity contribution in [3.63, 3.8) is 0 Å². The molecule has 0 aromatic rings. The number of aliphatic hydroxyl groups excluding tert-OH is 2. The molecule has 0 fully saturated rings. The minimum Gasteiger partial charge on any atom is -0.481 e. The molecule has 19 heavy (non-hydrogen) atoms. The van der Waals surface area contributed by atoms with Crippen molar-refractivity contribution in [2.75, 3.05) is 13.2 Å². The molecular weight excluding hydrogens is 268 g/mol. The van der Waals surface area contributed by atoms with Gasteiger partial charge in [-0.2, -0.15) is 0 Å². The summed E-state index contributed by atoms with van der Waals surface area (Å²) in [5.74, 6) is -5.04. The van der Waals surface area contributed by atoms with Crippen molar-refractivity contribution >= 4 is 17.9 Å². The third kappa shape index (κ3) is 6.10. The van der Waals surface area contributed by atoms with Crippen molar-refractivity contribution in [1.29, 1.82) is 0 Å². The van der Waals surface area contributed by atoms with Crippen LogP contribution < -0.4 is 0 Å². The summed E-state index contributed by atoms with van der Waals surface area (Å²) >= 11 is 0. The number of hydrogen-bond donors (Lipinski definition) is 5. The average Bonchev–Trinajstić information content (AvgIpc) is 2.26. The molecular formula is C9H14O10. The summed E-state index contributed by atoms with van der Waals surface area (Å²) in [7, 11) is 0. The number of aliphatic hydroxyl groups is 2. The molecule has 0 aromatic carbocycles. The van der Waals surface area contributed by atoms with Crippen LogP contribution in [0.3, 0.4) is 0 Å². The van der Waals surface area contributed by atoms with E-state index in [0.717, 1.165) is 0 Å². The number of hydrogen-bond acceptors (Lipinski definition) is 7. The van der Waals surface area contributed by atoms with E-state index in [1.807, 2.05) is 0 Å². The van der Waals surface area contributed by atoms with Gasteiger partial charge in [0.15, 0.2) is 0 Å². The third-order valence-electron chi connectivity index (χ3n) is 1.95. The van der Waals surface area contributed by atoms with E-state index in [0.29, 0.717) is 0 Å². The highest BCUT2D eigenvalue weighted by molar-refractivity contribution is 5.88. The second-order valence-electron chi connectivity index (χ2n) is 3.64. The van der Waals surface area contributed by atoms with Gasteiger partial charge in [0, 0.05) is 0 Å². The van der Waals surface area contributed by atoms with Gasteiger partial charge in [0.25, 0.3) is 0 Å². The highest BCUT2D eigenvalue weighted by atomic mass is 17.2. The molecule has 0 aromatic heterocycles. The summed E-state index contributed by atoms with van der Waals surface area (Å²) in [5, 5.41) is 43.5. The smallest absolute Gasteiger partial charge is 0.340 e. The molecule has 0 aliphatic carbocycles. The molecule has 110 valence electrons. The van der Waals surface area contributed by atoms with Gasteiger partial charge in [0.1, 0.15) is 12.7 Å². The minimum absolute atomic E-state index is 0.648. The lowest BCUT2D eigenvalue weighted by Gasteiger charge is -2.25. The van der Waals surface area contributed by atoms with Crippen molar-refractivity contribution in [3.8, 4) is 0 Å². The van der Waals surface area contributed by atoms with Gasteiger partial charge in [0.05, 0.1) is 19.4 Å². The first-order valence-corrected chi connectivity index (χ1v) is 5.00. The number of aliphatic carboxylic acids is 3. The predicted molar refractivity (Wildman–Crippen MR) is 55.0 cm³/mol. The van der Waals surface area contributed by atoms with E-state index in [1.54, 1.807) is 0 Å². The normalized spacial score (nSPS) is 12.9. The third-order valence-corrected chi connectivity index (χ3v) is 1.95. The number of carboxylic acid groups (broad SMARTS) is 3. The van der Waals surface area contributed by atoms with Gasteiger partial charge in [-0.3, -0.25) is 9.59 Å². The van der Waals surface area contributed by atoms with E-state index < -0.39 is 55.7 Å². The van der Waals surface area contributed by atoms with Gasteiger partial charge in [0.2, 0.25) is 5.60 Å². The van der Waals surface area contributed by atoms with Crippen LogP contribution in [0, 0.1) is 0 Å². The standard InChI is InChI=1S/C9H14O10/c10-3-5(11)4-18-19-9(8(16)17,1-6(12)13)2-7(14)15/h5,10-11H,1-4H2,(H,12,13)(H,14,15)(H,16,17). The Kier molecular flexibility index (Phi) is 6.93. The van der Waals surface area contributed by atoms with Crippen LogP contribution in [0.1, 0.15) is 12.8 Å². The molecule has 1 unspecified atom stereocenters. The van der Waals surface area contributed by atoms with Gasteiger partial charge >= 0.3 is 17.9 Å². The summed E-state index contributed by atoms with van der Waals surface area (Å²) in [4.78, 5) is 40.8. The van der Waals surface area contributed by atoms with Gasteiger partial charge in [-0.05, 0) is 0 Å². The fourth-order valence-corrected chi connectivity index (χ4v) is 1.07. The summed E-state index contributed by atoms with van der Waals surface area (Å²) < 4.78 is 0. The largest absolute Gasteiger partial charge is 0.481 e. The molecule has 0 aliphatic rings. The molecule has 1 atom stereocenters. The summed E-state index contributed by atoms with van der Waals surface area (Å²) in [6.07, 6.45) is -3.67. The lowest BCUT2D eigenvalue weighted by Crippen LogP contribution is -2.46. The molecule has 10 nitrogen and oxygen atoms in total. The van der Waals surface area contributed by atoms with Crippen LogP contribution in [0.15, 0.2) is 0 Å². The average molecular weight is 282 g/mol. The monoisotopic (exact) mass is 282 g/mol. The Morgan fingerprint density at radius 3 is 1.84 bits per heavy atom. The Morgan fingerprint density at radius 1 is 1.05 bits per heavy atom. The first-order chi connectivity index (χ1) is 8.73. The first-order valence-electron chi connectivity index (χ1n) is 5.00. The lowest BCUT2D eigenvalue weighted by molar-refractivity contribution is -0.362. The molecule has 0 amide bonds. The van der Waals surface area contributed by atoms with Crippen LogP contribution in [-0.2, 0) is 24.2 Å². The van der Waals surface area contributed by atoms with Crippen LogP contribution in [0.2, 0.25) is 0 Å². The lowest BCUT2D eigenvalue weighted by atomic mass is 9.96. The maximum absolute atomic E-state index is 11.0. The highest BCUT2D eigenvalue weighted by Gasteiger charge is 2.46. The van der Waals surface area contributed by atoms with E-state index in [2.05, 4.69) is 9.78 Å². The molecule has 0 spiro atoms. The van der Waals surface area contributed by atoms with Crippen molar-refractivity contribution in [1.82, 2.24) is 0 Å². The van der Waals surface area contributed by atoms with E-state index in [4.69, 9.17) is 25.5 Å². The quantitative estimate of drug-likeness (QED) is 0.224. The molecule has 0 saturated carbocycles. The molecule has 0 bridgehead atoms. The van der Waals surface area contributed by atoms with E-state index >= 15 is 0 Å². The Morgan fingerprint density at radius 2 is 1.53 bits per heavy atom. The van der Waals surface area contributed by atoms with Crippen molar-refractivity contribution in [2.45, 2.75) is 24.5 Å². The van der Waals surface area contributed by atoms with Crippen molar-refractivity contribution < 1.29 is 49.7 Å². The molecule has 0 saturated heterocycles. The fourth-order valence-electron chi connectivity index (χ4n) is 1.07. The maximum atomic E-state index is 11.0. The SMILES string of the molecule is O=C(O)CC(CC(=O)O)(OOCC(O)CO)C(=O)O. The van der Waals surface area contributed by atoms with Crippen LogP contribution >= 0.6 is 0 Å². The Hall–Kier alpha value is -1.75. The maximum Gasteiger partial charge on any atom is 0.340 e. The molecule has 10 heteroatoms. The van der Waals surface area contributed by atoms with E-state index in [-0.39, 0.29) is 0 Å². The Bertz CT molecular complexity index is 322. The number of carboxylic acids is 3. The second-order valence-corrected chi connectivity index (χ2v) is 3.64. The van der Waals surface area contributed by atoms with Gasteiger partial charge in [-0.15, -0.1) is 0 Å². The van der Waals surface area contributed by atoms with E-state index in [9.17, 15) is 14.4 Å². The highest BCUT2D eigenvalue weighted by Crippen LogP contribution is 2.22. The van der Waals surface area contributed by atoms with Crippen LogP contribution in [0.5, 0.6) is 0 Å². The summed E-state index contributed by atoms with van der Waals surface area (Å²) in [5.41, 5.74) is -2.62. The van der Waals surface area contributed by atoms with Crippen molar-refractivity contribution in [3.05, 3.63) is 0 Å². The molecule has 0 radical (unpaired) electrons. The van der Waals surface area contributed by atoms with Gasteiger partial charge < -0.3 is 25.5 Å². The number of carbonyl (C=O) groups is 3. The Labute approximate surface area is 106 Å². The number of rotatable bonds is 10. The zero-order chi connectivity index (χ0) is 15.1. The summed E-state index contributed by atoms with van der Waals surface area (Å²) in [6, 6.07) is 0. The first kappa shape index (κ1) is 17.2. The van der Waals surface area contributed by atoms with Crippen LogP contribution in [0.25, 0.3) is 0 Å². The molecule has 0 rings (SSSR count). The van der Waals surface area contributed by atoms with Crippen LogP contribution in [-0.4, -0.2) is 68.4 Å². The topological polar surface area (TPSA) is 171 Å². The molecule has 0 heterocycles. The zero-order valence-electron chi connectivity index (χ0n) is 9.68. The molecule has 5 N–H and O–H groups in total. The fraction of sp³-hybridized carbons (Fsp3) is 0.667. The van der Waals surface area contributed by atoms with Gasteiger partial charge in [-0.1, -0.05) is 0 Å².